The lowest BCUT2D eigenvalue weighted by atomic mass is 10.2. The van der Waals surface area contributed by atoms with Gasteiger partial charge in [0, 0.05) is 0 Å². The van der Waals surface area contributed by atoms with Crippen molar-refractivity contribution >= 4 is 29.4 Å². The summed E-state index contributed by atoms with van der Waals surface area (Å²) in [5.41, 5.74) is 4.01. The molecular weight excluding hydrogens is 302 g/mol. The predicted octanol–water partition coefficient (Wildman–Crippen LogP) is 2.91. The highest BCUT2D eigenvalue weighted by Crippen LogP contribution is 2.19. The monoisotopic (exact) mass is 317 g/mol. The van der Waals surface area contributed by atoms with Crippen molar-refractivity contribution in [3.05, 3.63) is 59.1 Å². The zero-order valence-corrected chi connectivity index (χ0v) is 12.8. The molecule has 0 aromatic heterocycles. The molecule has 0 saturated carbocycles. The molecular formula is C16H16ClN3O2. The van der Waals surface area contributed by atoms with Crippen LogP contribution in [0.4, 0.5) is 5.69 Å². The van der Waals surface area contributed by atoms with Crippen molar-refractivity contribution in [3.63, 3.8) is 0 Å². The smallest absolute Gasteiger partial charge is 0.259 e. The lowest BCUT2D eigenvalue weighted by Gasteiger charge is -2.06. The van der Waals surface area contributed by atoms with Crippen molar-refractivity contribution in [1.82, 2.24) is 5.43 Å². The molecule has 0 radical (unpaired) electrons. The molecule has 0 aliphatic heterocycles. The Hall–Kier alpha value is -2.53. The summed E-state index contributed by atoms with van der Waals surface area (Å²) in [6.45, 7) is 0.0870. The molecule has 114 valence electrons. The van der Waals surface area contributed by atoms with Gasteiger partial charge in [-0.3, -0.25) is 4.79 Å². The fourth-order valence-electron chi connectivity index (χ4n) is 1.69. The predicted molar refractivity (Wildman–Crippen MR) is 88.7 cm³/mol. The van der Waals surface area contributed by atoms with Crippen LogP contribution in [0, 0.1) is 0 Å². The highest BCUT2D eigenvalue weighted by molar-refractivity contribution is 6.33. The number of benzene rings is 2. The number of para-hydroxylation sites is 1. The van der Waals surface area contributed by atoms with E-state index in [9.17, 15) is 4.79 Å². The molecule has 0 heterocycles. The number of nitrogens with zero attached hydrogens (tertiary/aromatic N) is 1. The second kappa shape index (κ2) is 8.05. The lowest BCUT2D eigenvalue weighted by Crippen LogP contribution is -2.25. The number of halogens is 1. The van der Waals surface area contributed by atoms with Gasteiger partial charge in [0.2, 0.25) is 0 Å². The maximum absolute atomic E-state index is 11.7. The normalized spacial score (nSPS) is 10.5. The quantitative estimate of drug-likeness (QED) is 0.636. The van der Waals surface area contributed by atoms with E-state index in [-0.39, 0.29) is 12.5 Å². The first-order valence-corrected chi connectivity index (χ1v) is 7.01. The van der Waals surface area contributed by atoms with Gasteiger partial charge in [0.05, 0.1) is 30.6 Å². The molecule has 0 bridgehead atoms. The fourth-order valence-corrected chi connectivity index (χ4v) is 1.89. The van der Waals surface area contributed by atoms with E-state index in [1.54, 1.807) is 25.5 Å². The summed E-state index contributed by atoms with van der Waals surface area (Å²) in [6.07, 6.45) is 1.56. The second-order valence-corrected chi connectivity index (χ2v) is 4.81. The molecule has 2 aromatic carbocycles. The van der Waals surface area contributed by atoms with Crippen molar-refractivity contribution in [2.24, 2.45) is 5.10 Å². The summed E-state index contributed by atoms with van der Waals surface area (Å²) >= 11 is 5.98. The average molecular weight is 318 g/mol. The number of rotatable bonds is 6. The maximum atomic E-state index is 11.7. The van der Waals surface area contributed by atoms with Crippen LogP contribution >= 0.6 is 11.6 Å². The van der Waals surface area contributed by atoms with Crippen LogP contribution in [-0.4, -0.2) is 25.8 Å². The van der Waals surface area contributed by atoms with Gasteiger partial charge in [-0.05, 0) is 42.0 Å². The van der Waals surface area contributed by atoms with Gasteiger partial charge in [0.15, 0.2) is 0 Å². The topological polar surface area (TPSA) is 62.7 Å². The number of hydrazone groups is 1. The Balaban J connectivity index is 1.79. The van der Waals surface area contributed by atoms with Crippen LogP contribution in [0.15, 0.2) is 53.6 Å². The van der Waals surface area contributed by atoms with Crippen molar-refractivity contribution in [1.29, 1.82) is 0 Å². The van der Waals surface area contributed by atoms with Gasteiger partial charge < -0.3 is 10.1 Å². The third-order valence-electron chi connectivity index (χ3n) is 2.83. The minimum atomic E-state index is -0.260. The van der Waals surface area contributed by atoms with Crippen LogP contribution in [0.25, 0.3) is 0 Å². The summed E-state index contributed by atoms with van der Waals surface area (Å²) < 4.78 is 5.06. The van der Waals surface area contributed by atoms with Crippen LogP contribution in [-0.2, 0) is 4.79 Å². The standard InChI is InChI=1S/C16H16ClN3O2/c1-22-13-8-6-12(7-9-13)10-19-20-16(21)11-18-15-5-3-2-4-14(15)17/h2-10,18H,11H2,1H3,(H,20,21)/b19-10+. The first kappa shape index (κ1) is 15.9. The average Bonchev–Trinajstić information content (AvgIpc) is 2.55. The number of ether oxygens (including phenoxy) is 1. The zero-order chi connectivity index (χ0) is 15.8. The number of carbonyl (C=O) groups is 1. The Morgan fingerprint density at radius 1 is 1.23 bits per heavy atom. The molecule has 22 heavy (non-hydrogen) atoms. The Bertz CT molecular complexity index is 657. The Labute approximate surface area is 133 Å². The number of hydrogen-bond donors (Lipinski definition) is 2. The van der Waals surface area contributed by atoms with E-state index in [0.717, 1.165) is 11.3 Å². The molecule has 2 rings (SSSR count). The van der Waals surface area contributed by atoms with E-state index in [2.05, 4.69) is 15.8 Å². The van der Waals surface area contributed by atoms with Crippen molar-refractivity contribution in [2.75, 3.05) is 19.0 Å². The van der Waals surface area contributed by atoms with Crippen molar-refractivity contribution < 1.29 is 9.53 Å². The number of anilines is 1. The highest BCUT2D eigenvalue weighted by atomic mass is 35.5. The zero-order valence-electron chi connectivity index (χ0n) is 12.0. The molecule has 6 heteroatoms. The summed E-state index contributed by atoms with van der Waals surface area (Å²) in [4.78, 5) is 11.7. The number of nitrogens with one attached hydrogen (secondary N) is 2. The van der Waals surface area contributed by atoms with Crippen molar-refractivity contribution in [2.45, 2.75) is 0 Å². The summed E-state index contributed by atoms with van der Waals surface area (Å²) in [7, 11) is 1.61. The van der Waals surface area contributed by atoms with E-state index in [4.69, 9.17) is 16.3 Å². The number of hydrogen-bond acceptors (Lipinski definition) is 4. The Morgan fingerprint density at radius 3 is 2.64 bits per heavy atom. The third kappa shape index (κ3) is 4.79. The molecule has 2 aromatic rings. The number of carbonyl (C=O) groups excluding carboxylic acids is 1. The Morgan fingerprint density at radius 2 is 1.95 bits per heavy atom. The highest BCUT2D eigenvalue weighted by Gasteiger charge is 2.02. The van der Waals surface area contributed by atoms with Crippen LogP contribution in [0.1, 0.15) is 5.56 Å². The minimum absolute atomic E-state index is 0.0870. The molecule has 2 N–H and O–H groups in total. The molecule has 0 atom stereocenters. The van der Waals surface area contributed by atoms with Gasteiger partial charge >= 0.3 is 0 Å². The van der Waals surface area contributed by atoms with Gasteiger partial charge in [-0.25, -0.2) is 5.43 Å². The van der Waals surface area contributed by atoms with E-state index in [0.29, 0.717) is 10.7 Å². The molecule has 0 fully saturated rings. The number of amides is 1. The fraction of sp³-hybridized carbons (Fsp3) is 0.125. The van der Waals surface area contributed by atoms with E-state index in [1.165, 1.54) is 0 Å². The molecule has 0 aliphatic rings. The van der Waals surface area contributed by atoms with E-state index >= 15 is 0 Å². The van der Waals surface area contributed by atoms with Crippen LogP contribution in [0.2, 0.25) is 5.02 Å². The van der Waals surface area contributed by atoms with Gasteiger partial charge in [-0.1, -0.05) is 23.7 Å². The largest absolute Gasteiger partial charge is 0.497 e. The second-order valence-electron chi connectivity index (χ2n) is 4.40. The van der Waals surface area contributed by atoms with Crippen molar-refractivity contribution in [3.8, 4) is 5.75 Å². The van der Waals surface area contributed by atoms with Gasteiger partial charge in [-0.15, -0.1) is 0 Å². The van der Waals surface area contributed by atoms with Gasteiger partial charge in [0.25, 0.3) is 5.91 Å². The minimum Gasteiger partial charge on any atom is -0.497 e. The first-order valence-electron chi connectivity index (χ1n) is 6.63. The summed E-state index contributed by atoms with van der Waals surface area (Å²) in [5, 5.41) is 7.40. The van der Waals surface area contributed by atoms with Crippen LogP contribution in [0.5, 0.6) is 5.75 Å². The lowest BCUT2D eigenvalue weighted by molar-refractivity contribution is -0.119. The third-order valence-corrected chi connectivity index (χ3v) is 3.16. The molecule has 1 amide bonds. The Kier molecular flexibility index (Phi) is 5.80. The molecule has 0 unspecified atom stereocenters. The number of methoxy groups -OCH3 is 1. The summed E-state index contributed by atoms with van der Waals surface area (Å²) in [6, 6.07) is 14.6. The first-order chi connectivity index (χ1) is 10.7. The van der Waals surface area contributed by atoms with Gasteiger partial charge in [0.1, 0.15) is 5.75 Å². The van der Waals surface area contributed by atoms with Crippen LogP contribution in [0.3, 0.4) is 0 Å². The van der Waals surface area contributed by atoms with Gasteiger partial charge in [-0.2, -0.15) is 5.10 Å². The van der Waals surface area contributed by atoms with Crippen LogP contribution < -0.4 is 15.5 Å². The van der Waals surface area contributed by atoms with E-state index in [1.807, 2.05) is 36.4 Å². The molecule has 5 nitrogen and oxygen atoms in total. The maximum Gasteiger partial charge on any atom is 0.259 e. The SMILES string of the molecule is COc1ccc(/C=N/NC(=O)CNc2ccccc2Cl)cc1. The van der Waals surface area contributed by atoms with E-state index < -0.39 is 0 Å². The molecule has 0 aliphatic carbocycles. The summed E-state index contributed by atoms with van der Waals surface area (Å²) in [5.74, 6) is 0.509. The molecule has 0 spiro atoms. The molecule has 0 saturated heterocycles.